The van der Waals surface area contributed by atoms with Crippen molar-refractivity contribution < 1.29 is 0 Å². The lowest BCUT2D eigenvalue weighted by Gasteiger charge is -2.33. The molecule has 0 heterocycles. The van der Waals surface area contributed by atoms with Gasteiger partial charge in [-0.2, -0.15) is 0 Å². The maximum atomic E-state index is 5.83. The SMILES string of the molecule is NNC(CC1CC2CCC1C2)C1CCCCC1. The first-order chi connectivity index (χ1) is 8.36. The van der Waals surface area contributed by atoms with E-state index in [0.717, 1.165) is 23.7 Å². The Labute approximate surface area is 106 Å². The maximum absolute atomic E-state index is 5.83. The van der Waals surface area contributed by atoms with Gasteiger partial charge in [0.05, 0.1) is 0 Å². The second-order valence-corrected chi connectivity index (χ2v) is 6.84. The van der Waals surface area contributed by atoms with Crippen molar-refractivity contribution in [1.29, 1.82) is 0 Å². The van der Waals surface area contributed by atoms with E-state index in [-0.39, 0.29) is 0 Å². The topological polar surface area (TPSA) is 38.0 Å². The van der Waals surface area contributed by atoms with E-state index in [9.17, 15) is 0 Å². The van der Waals surface area contributed by atoms with Crippen LogP contribution in [0, 0.1) is 23.7 Å². The predicted octanol–water partition coefficient (Wildman–Crippen LogP) is 3.22. The zero-order valence-electron chi connectivity index (χ0n) is 11.0. The fraction of sp³-hybridized carbons (Fsp3) is 1.00. The molecule has 0 amide bonds. The molecular weight excluding hydrogens is 208 g/mol. The molecule has 3 fully saturated rings. The Morgan fingerprint density at radius 1 is 1.00 bits per heavy atom. The van der Waals surface area contributed by atoms with Crippen molar-refractivity contribution >= 4 is 0 Å². The number of nitrogens with two attached hydrogens (primary N) is 1. The summed E-state index contributed by atoms with van der Waals surface area (Å²) in [6.45, 7) is 0. The summed E-state index contributed by atoms with van der Waals surface area (Å²) in [7, 11) is 0. The second-order valence-electron chi connectivity index (χ2n) is 6.84. The molecule has 0 aromatic heterocycles. The molecule has 0 aromatic rings. The Kier molecular flexibility index (Phi) is 3.72. The van der Waals surface area contributed by atoms with Gasteiger partial charge in [-0.3, -0.25) is 11.3 Å². The van der Waals surface area contributed by atoms with Crippen LogP contribution < -0.4 is 11.3 Å². The van der Waals surface area contributed by atoms with Gasteiger partial charge in [0.2, 0.25) is 0 Å². The smallest absolute Gasteiger partial charge is 0.0241 e. The van der Waals surface area contributed by atoms with Crippen LogP contribution in [0.2, 0.25) is 0 Å². The standard InChI is InChI=1S/C15H28N2/c16-17-15(12-4-2-1-3-5-12)10-14-9-11-6-7-13(14)8-11/h11-15,17H,1-10,16H2. The molecule has 98 valence electrons. The van der Waals surface area contributed by atoms with Crippen molar-refractivity contribution in [1.82, 2.24) is 5.43 Å². The van der Waals surface area contributed by atoms with Crippen LogP contribution in [0.1, 0.15) is 64.2 Å². The van der Waals surface area contributed by atoms with Gasteiger partial charge in [0, 0.05) is 6.04 Å². The number of rotatable bonds is 4. The van der Waals surface area contributed by atoms with Crippen LogP contribution in [-0.2, 0) is 0 Å². The molecule has 0 aliphatic heterocycles. The van der Waals surface area contributed by atoms with Gasteiger partial charge in [0.25, 0.3) is 0 Å². The number of hydrazine groups is 1. The van der Waals surface area contributed by atoms with Gasteiger partial charge in [-0.15, -0.1) is 0 Å². The van der Waals surface area contributed by atoms with Gasteiger partial charge < -0.3 is 0 Å². The third-order valence-electron chi connectivity index (χ3n) is 5.87. The molecule has 17 heavy (non-hydrogen) atoms. The number of hydrogen-bond acceptors (Lipinski definition) is 2. The van der Waals surface area contributed by atoms with Gasteiger partial charge in [0.1, 0.15) is 0 Å². The molecule has 3 rings (SSSR count). The molecule has 3 aliphatic carbocycles. The highest BCUT2D eigenvalue weighted by Crippen LogP contribution is 2.50. The summed E-state index contributed by atoms with van der Waals surface area (Å²) in [5.41, 5.74) is 3.16. The average molecular weight is 236 g/mol. The van der Waals surface area contributed by atoms with E-state index in [1.807, 2.05) is 0 Å². The maximum Gasteiger partial charge on any atom is 0.0241 e. The van der Waals surface area contributed by atoms with Crippen LogP contribution in [0.15, 0.2) is 0 Å². The van der Waals surface area contributed by atoms with Gasteiger partial charge in [-0.1, -0.05) is 25.7 Å². The Morgan fingerprint density at radius 2 is 1.82 bits per heavy atom. The highest BCUT2D eigenvalue weighted by molar-refractivity contribution is 4.92. The first-order valence-corrected chi connectivity index (χ1v) is 7.83. The van der Waals surface area contributed by atoms with Crippen LogP contribution in [0.4, 0.5) is 0 Å². The molecular formula is C15H28N2. The molecule has 4 atom stereocenters. The van der Waals surface area contributed by atoms with Gasteiger partial charge in [0.15, 0.2) is 0 Å². The molecule has 2 nitrogen and oxygen atoms in total. The minimum absolute atomic E-state index is 0.611. The van der Waals surface area contributed by atoms with Crippen molar-refractivity contribution in [3.63, 3.8) is 0 Å². The number of fused-ring (bicyclic) bond motifs is 2. The van der Waals surface area contributed by atoms with E-state index in [2.05, 4.69) is 5.43 Å². The van der Waals surface area contributed by atoms with Crippen LogP contribution in [0.3, 0.4) is 0 Å². The summed E-state index contributed by atoms with van der Waals surface area (Å²) in [5.74, 6) is 9.83. The number of nitrogens with one attached hydrogen (secondary N) is 1. The molecule has 3 N–H and O–H groups in total. The van der Waals surface area contributed by atoms with Crippen LogP contribution >= 0.6 is 0 Å². The summed E-state index contributed by atoms with van der Waals surface area (Å²) in [4.78, 5) is 0. The molecule has 0 radical (unpaired) electrons. The van der Waals surface area contributed by atoms with E-state index in [1.54, 1.807) is 0 Å². The molecule has 0 aromatic carbocycles. The van der Waals surface area contributed by atoms with Crippen molar-refractivity contribution in [2.24, 2.45) is 29.5 Å². The van der Waals surface area contributed by atoms with Crippen molar-refractivity contribution in [2.45, 2.75) is 70.3 Å². The lowest BCUT2D eigenvalue weighted by molar-refractivity contribution is 0.204. The van der Waals surface area contributed by atoms with Gasteiger partial charge >= 0.3 is 0 Å². The van der Waals surface area contributed by atoms with E-state index in [4.69, 9.17) is 5.84 Å². The Hall–Kier alpha value is -0.0800. The second kappa shape index (κ2) is 5.27. The zero-order chi connectivity index (χ0) is 11.7. The van der Waals surface area contributed by atoms with Gasteiger partial charge in [-0.25, -0.2) is 0 Å². The lowest BCUT2D eigenvalue weighted by Crippen LogP contribution is -2.43. The molecule has 0 spiro atoms. The first-order valence-electron chi connectivity index (χ1n) is 7.83. The zero-order valence-corrected chi connectivity index (χ0v) is 11.0. The summed E-state index contributed by atoms with van der Waals surface area (Å²) in [6.07, 6.45) is 14.6. The first kappa shape index (κ1) is 12.0. The molecule has 0 saturated heterocycles. The Balaban J connectivity index is 1.54. The third kappa shape index (κ3) is 2.53. The highest BCUT2D eigenvalue weighted by Gasteiger charge is 2.40. The fourth-order valence-corrected chi connectivity index (χ4v) is 4.92. The molecule has 3 saturated carbocycles. The Bertz CT molecular complexity index is 247. The van der Waals surface area contributed by atoms with Crippen LogP contribution in [0.25, 0.3) is 0 Å². The molecule has 4 unspecified atom stereocenters. The quantitative estimate of drug-likeness (QED) is 0.581. The summed E-state index contributed by atoms with van der Waals surface area (Å²) in [5, 5.41) is 0. The summed E-state index contributed by atoms with van der Waals surface area (Å²) < 4.78 is 0. The van der Waals surface area contributed by atoms with Crippen molar-refractivity contribution in [2.75, 3.05) is 0 Å². The largest absolute Gasteiger partial charge is 0.271 e. The van der Waals surface area contributed by atoms with Crippen molar-refractivity contribution in [3.05, 3.63) is 0 Å². The lowest BCUT2D eigenvalue weighted by atomic mass is 9.77. The minimum Gasteiger partial charge on any atom is -0.271 e. The van der Waals surface area contributed by atoms with Crippen molar-refractivity contribution in [3.8, 4) is 0 Å². The fourth-order valence-electron chi connectivity index (χ4n) is 4.92. The molecule has 2 heteroatoms. The van der Waals surface area contributed by atoms with E-state index >= 15 is 0 Å². The Morgan fingerprint density at radius 3 is 2.41 bits per heavy atom. The molecule has 2 bridgehead atoms. The van der Waals surface area contributed by atoms with E-state index in [1.165, 1.54) is 64.2 Å². The summed E-state index contributed by atoms with van der Waals surface area (Å²) >= 11 is 0. The number of hydrogen-bond donors (Lipinski definition) is 2. The van der Waals surface area contributed by atoms with Crippen LogP contribution in [0.5, 0.6) is 0 Å². The average Bonchev–Trinajstić information content (AvgIpc) is 2.99. The predicted molar refractivity (Wildman–Crippen MR) is 71.2 cm³/mol. The van der Waals surface area contributed by atoms with E-state index < -0.39 is 0 Å². The summed E-state index contributed by atoms with van der Waals surface area (Å²) in [6, 6.07) is 0.611. The normalized spacial score (nSPS) is 39.7. The minimum atomic E-state index is 0.611. The highest BCUT2D eigenvalue weighted by atomic mass is 15.2. The van der Waals surface area contributed by atoms with E-state index in [0.29, 0.717) is 6.04 Å². The third-order valence-corrected chi connectivity index (χ3v) is 5.87. The molecule has 3 aliphatic rings. The monoisotopic (exact) mass is 236 g/mol. The van der Waals surface area contributed by atoms with Crippen LogP contribution in [-0.4, -0.2) is 6.04 Å². The van der Waals surface area contributed by atoms with Gasteiger partial charge in [-0.05, 0) is 62.2 Å².